The molecule has 2 aromatic rings. The molecule has 0 aromatic heterocycles. The standard InChI is InChI=1S/C14H10ClNO4S/c1-8-2-5-12(16(19)20)13(6-8)21-9-3-4-11(15)10(7-9)14(17)18/h2-7H,1H3,(H,17,18). The van der Waals surface area contributed by atoms with Crippen LogP contribution in [0.3, 0.4) is 0 Å². The summed E-state index contributed by atoms with van der Waals surface area (Å²) in [5, 5.41) is 20.2. The van der Waals surface area contributed by atoms with Crippen molar-refractivity contribution < 1.29 is 14.8 Å². The van der Waals surface area contributed by atoms with Gasteiger partial charge in [-0.15, -0.1) is 0 Å². The van der Waals surface area contributed by atoms with Crippen LogP contribution >= 0.6 is 23.4 Å². The predicted molar refractivity (Wildman–Crippen MR) is 80.4 cm³/mol. The lowest BCUT2D eigenvalue weighted by Gasteiger charge is -2.06. The number of nitrogens with zero attached hydrogens (tertiary/aromatic N) is 1. The zero-order valence-corrected chi connectivity index (χ0v) is 12.4. The third kappa shape index (κ3) is 3.53. The summed E-state index contributed by atoms with van der Waals surface area (Å²) in [7, 11) is 0. The Kier molecular flexibility index (Phi) is 4.50. The molecule has 0 spiro atoms. The Labute approximate surface area is 129 Å². The molecule has 0 saturated carbocycles. The number of halogens is 1. The summed E-state index contributed by atoms with van der Waals surface area (Å²) < 4.78 is 0. The minimum atomic E-state index is -1.14. The van der Waals surface area contributed by atoms with Crippen LogP contribution in [0.4, 0.5) is 5.69 Å². The molecular formula is C14H10ClNO4S. The first-order chi connectivity index (χ1) is 9.88. The monoisotopic (exact) mass is 323 g/mol. The second-order valence-corrected chi connectivity index (χ2v) is 5.80. The number of nitro benzene ring substituents is 1. The quantitative estimate of drug-likeness (QED) is 0.666. The van der Waals surface area contributed by atoms with Crippen molar-refractivity contribution in [2.45, 2.75) is 16.7 Å². The van der Waals surface area contributed by atoms with E-state index < -0.39 is 10.9 Å². The van der Waals surface area contributed by atoms with Crippen LogP contribution in [0, 0.1) is 17.0 Å². The Hall–Kier alpha value is -2.05. The van der Waals surface area contributed by atoms with Crippen molar-refractivity contribution in [2.75, 3.05) is 0 Å². The van der Waals surface area contributed by atoms with Crippen molar-refractivity contribution in [3.8, 4) is 0 Å². The Morgan fingerprint density at radius 3 is 2.62 bits per heavy atom. The number of carboxylic acids is 1. The van der Waals surface area contributed by atoms with E-state index in [1.165, 1.54) is 18.2 Å². The highest BCUT2D eigenvalue weighted by molar-refractivity contribution is 7.99. The summed E-state index contributed by atoms with van der Waals surface area (Å²) in [6.07, 6.45) is 0. The van der Waals surface area contributed by atoms with E-state index >= 15 is 0 Å². The van der Waals surface area contributed by atoms with Crippen molar-refractivity contribution in [1.82, 2.24) is 0 Å². The van der Waals surface area contributed by atoms with Crippen LogP contribution in [-0.2, 0) is 0 Å². The third-order valence-electron chi connectivity index (χ3n) is 2.71. The van der Waals surface area contributed by atoms with Gasteiger partial charge in [-0.05, 0) is 36.8 Å². The van der Waals surface area contributed by atoms with E-state index in [1.54, 1.807) is 18.2 Å². The second kappa shape index (κ2) is 6.15. The molecule has 0 unspecified atom stereocenters. The number of carbonyl (C=O) groups is 1. The fourth-order valence-corrected chi connectivity index (χ4v) is 2.97. The van der Waals surface area contributed by atoms with Gasteiger partial charge in [0, 0.05) is 11.0 Å². The molecule has 0 atom stereocenters. The highest BCUT2D eigenvalue weighted by atomic mass is 35.5. The summed E-state index contributed by atoms with van der Waals surface area (Å²) >= 11 is 6.94. The number of hydrogen-bond donors (Lipinski definition) is 1. The van der Waals surface area contributed by atoms with E-state index in [4.69, 9.17) is 16.7 Å². The van der Waals surface area contributed by atoms with Crippen molar-refractivity contribution in [1.29, 1.82) is 0 Å². The van der Waals surface area contributed by atoms with Gasteiger partial charge in [0.1, 0.15) is 0 Å². The Morgan fingerprint density at radius 2 is 2.00 bits per heavy atom. The summed E-state index contributed by atoms with van der Waals surface area (Å²) in [6, 6.07) is 9.29. The van der Waals surface area contributed by atoms with E-state index in [2.05, 4.69) is 0 Å². The molecule has 0 aliphatic heterocycles. The lowest BCUT2D eigenvalue weighted by molar-refractivity contribution is -0.387. The first-order valence-electron chi connectivity index (χ1n) is 5.84. The van der Waals surface area contributed by atoms with E-state index in [0.717, 1.165) is 17.3 Å². The SMILES string of the molecule is Cc1ccc([N+](=O)[O-])c(Sc2ccc(Cl)c(C(=O)O)c2)c1. The van der Waals surface area contributed by atoms with Crippen LogP contribution in [-0.4, -0.2) is 16.0 Å². The molecule has 1 N–H and O–H groups in total. The molecule has 0 aliphatic carbocycles. The predicted octanol–water partition coefficient (Wildman–Crippen LogP) is 4.41. The smallest absolute Gasteiger partial charge is 0.337 e. The average Bonchev–Trinajstić information content (AvgIpc) is 2.40. The number of nitro groups is 1. The molecule has 0 heterocycles. The summed E-state index contributed by atoms with van der Waals surface area (Å²) in [5.74, 6) is -1.14. The summed E-state index contributed by atoms with van der Waals surface area (Å²) in [6.45, 7) is 1.83. The molecular weight excluding hydrogens is 314 g/mol. The lowest BCUT2D eigenvalue weighted by atomic mass is 10.2. The maximum absolute atomic E-state index is 11.1. The number of carboxylic acid groups (broad SMARTS) is 1. The molecule has 0 saturated heterocycles. The van der Waals surface area contributed by atoms with E-state index in [9.17, 15) is 14.9 Å². The number of aromatic carboxylic acids is 1. The molecule has 2 rings (SSSR count). The Bertz CT molecular complexity index is 733. The van der Waals surface area contributed by atoms with Crippen LogP contribution in [0.25, 0.3) is 0 Å². The first kappa shape index (κ1) is 15.3. The van der Waals surface area contributed by atoms with Gasteiger partial charge in [-0.3, -0.25) is 10.1 Å². The summed E-state index contributed by atoms with van der Waals surface area (Å²) in [5.41, 5.74) is 0.838. The van der Waals surface area contributed by atoms with Gasteiger partial charge in [0.25, 0.3) is 5.69 Å². The van der Waals surface area contributed by atoms with Crippen LogP contribution in [0.1, 0.15) is 15.9 Å². The Balaban J connectivity index is 2.43. The van der Waals surface area contributed by atoms with Crippen molar-refractivity contribution in [2.24, 2.45) is 0 Å². The largest absolute Gasteiger partial charge is 0.478 e. The van der Waals surface area contributed by atoms with E-state index in [-0.39, 0.29) is 16.3 Å². The molecule has 108 valence electrons. The van der Waals surface area contributed by atoms with Gasteiger partial charge in [-0.1, -0.05) is 29.4 Å². The van der Waals surface area contributed by atoms with Crippen LogP contribution in [0.15, 0.2) is 46.2 Å². The normalized spacial score (nSPS) is 10.4. The Morgan fingerprint density at radius 1 is 1.29 bits per heavy atom. The number of benzene rings is 2. The zero-order valence-electron chi connectivity index (χ0n) is 10.9. The van der Waals surface area contributed by atoms with Gasteiger partial charge in [-0.2, -0.15) is 0 Å². The molecule has 5 nitrogen and oxygen atoms in total. The highest BCUT2D eigenvalue weighted by Crippen LogP contribution is 2.36. The fraction of sp³-hybridized carbons (Fsp3) is 0.0714. The zero-order chi connectivity index (χ0) is 15.6. The number of hydrogen-bond acceptors (Lipinski definition) is 4. The fourth-order valence-electron chi connectivity index (χ4n) is 1.71. The van der Waals surface area contributed by atoms with Gasteiger partial charge in [0.2, 0.25) is 0 Å². The topological polar surface area (TPSA) is 80.4 Å². The number of aryl methyl sites for hydroxylation is 1. The van der Waals surface area contributed by atoms with Gasteiger partial charge in [0.05, 0.1) is 20.4 Å². The lowest BCUT2D eigenvalue weighted by Crippen LogP contribution is -1.97. The van der Waals surface area contributed by atoms with Crippen molar-refractivity contribution >= 4 is 35.0 Å². The van der Waals surface area contributed by atoms with Crippen LogP contribution in [0.2, 0.25) is 5.02 Å². The average molecular weight is 324 g/mol. The third-order valence-corrected chi connectivity index (χ3v) is 4.07. The molecule has 21 heavy (non-hydrogen) atoms. The van der Waals surface area contributed by atoms with Gasteiger partial charge >= 0.3 is 5.97 Å². The molecule has 2 aromatic carbocycles. The van der Waals surface area contributed by atoms with Crippen molar-refractivity contribution in [3.05, 3.63) is 62.7 Å². The summed E-state index contributed by atoms with van der Waals surface area (Å²) in [4.78, 5) is 22.7. The van der Waals surface area contributed by atoms with Crippen molar-refractivity contribution in [3.63, 3.8) is 0 Å². The van der Waals surface area contributed by atoms with Gasteiger partial charge < -0.3 is 5.11 Å². The van der Waals surface area contributed by atoms with Gasteiger partial charge in [-0.25, -0.2) is 4.79 Å². The van der Waals surface area contributed by atoms with Crippen LogP contribution < -0.4 is 0 Å². The van der Waals surface area contributed by atoms with Gasteiger partial charge in [0.15, 0.2) is 0 Å². The molecule has 0 radical (unpaired) electrons. The first-order valence-corrected chi connectivity index (χ1v) is 7.03. The molecule has 0 bridgehead atoms. The molecule has 7 heteroatoms. The van der Waals surface area contributed by atoms with E-state index in [1.807, 2.05) is 6.92 Å². The maximum atomic E-state index is 11.1. The maximum Gasteiger partial charge on any atom is 0.337 e. The number of rotatable bonds is 4. The second-order valence-electron chi connectivity index (χ2n) is 4.28. The minimum Gasteiger partial charge on any atom is -0.478 e. The highest BCUT2D eigenvalue weighted by Gasteiger charge is 2.16. The molecule has 0 amide bonds. The van der Waals surface area contributed by atoms with Crippen LogP contribution in [0.5, 0.6) is 0 Å². The van der Waals surface area contributed by atoms with E-state index in [0.29, 0.717) is 9.79 Å². The molecule has 0 fully saturated rings. The molecule has 0 aliphatic rings. The minimum absolute atomic E-state index is 0.0163.